The normalized spacial score (nSPS) is 10.7. The van der Waals surface area contributed by atoms with Crippen LogP contribution in [0.5, 0.6) is 0 Å². The molecule has 0 aliphatic rings. The van der Waals surface area contributed by atoms with E-state index in [1.807, 2.05) is 30.3 Å². The molecule has 0 saturated carbocycles. The van der Waals surface area contributed by atoms with Gasteiger partial charge in [0, 0.05) is 17.8 Å². The van der Waals surface area contributed by atoms with E-state index in [-0.39, 0.29) is 5.82 Å². The fourth-order valence-corrected chi connectivity index (χ4v) is 2.15. The monoisotopic (exact) mass is 283 g/mol. The summed E-state index contributed by atoms with van der Waals surface area (Å²) in [6, 6.07) is 14.2. The van der Waals surface area contributed by atoms with Crippen LogP contribution < -0.4 is 5.73 Å². The lowest BCUT2D eigenvalue weighted by Gasteiger charge is -2.07. The highest BCUT2D eigenvalue weighted by Gasteiger charge is 2.12. The Kier molecular flexibility index (Phi) is 3.59. The number of aromatic nitrogens is 4. The number of tetrazole rings is 1. The molecule has 0 aliphatic carbocycles. The Morgan fingerprint density at radius 1 is 1.10 bits per heavy atom. The molecule has 0 saturated heterocycles. The summed E-state index contributed by atoms with van der Waals surface area (Å²) in [5, 5.41) is 11.6. The lowest BCUT2D eigenvalue weighted by molar-refractivity contribution is 0.593. The van der Waals surface area contributed by atoms with Crippen molar-refractivity contribution in [2.45, 2.75) is 13.0 Å². The van der Waals surface area contributed by atoms with Gasteiger partial charge in [-0.1, -0.05) is 30.3 Å². The van der Waals surface area contributed by atoms with Crippen LogP contribution in [-0.2, 0) is 13.0 Å². The van der Waals surface area contributed by atoms with Crippen molar-refractivity contribution >= 4 is 5.69 Å². The SMILES string of the molecule is Nc1ccc(F)cc1-c1nnnn1CCc1ccccc1. The first kappa shape index (κ1) is 13.2. The van der Waals surface area contributed by atoms with Crippen molar-refractivity contribution in [3.8, 4) is 11.4 Å². The number of aryl methyl sites for hydroxylation is 2. The second-order valence-corrected chi connectivity index (χ2v) is 4.69. The van der Waals surface area contributed by atoms with Crippen LogP contribution in [0.25, 0.3) is 11.4 Å². The molecule has 0 atom stereocenters. The van der Waals surface area contributed by atoms with Crippen LogP contribution in [0.3, 0.4) is 0 Å². The van der Waals surface area contributed by atoms with Gasteiger partial charge in [0.25, 0.3) is 0 Å². The highest BCUT2D eigenvalue weighted by molar-refractivity contribution is 5.71. The molecule has 0 bridgehead atoms. The summed E-state index contributed by atoms with van der Waals surface area (Å²) in [7, 11) is 0. The van der Waals surface area contributed by atoms with Gasteiger partial charge in [-0.3, -0.25) is 0 Å². The van der Waals surface area contributed by atoms with Crippen molar-refractivity contribution in [1.29, 1.82) is 0 Å². The summed E-state index contributed by atoms with van der Waals surface area (Å²) in [6.07, 6.45) is 0.786. The Hall–Kier alpha value is -2.76. The summed E-state index contributed by atoms with van der Waals surface area (Å²) in [5.41, 5.74) is 8.03. The second-order valence-electron chi connectivity index (χ2n) is 4.69. The van der Waals surface area contributed by atoms with Crippen LogP contribution in [0.15, 0.2) is 48.5 Å². The minimum absolute atomic E-state index is 0.364. The number of benzene rings is 2. The lowest BCUT2D eigenvalue weighted by atomic mass is 10.1. The van der Waals surface area contributed by atoms with Crippen LogP contribution in [0, 0.1) is 5.82 Å². The lowest BCUT2D eigenvalue weighted by Crippen LogP contribution is -2.07. The molecule has 1 heterocycles. The Balaban J connectivity index is 1.86. The van der Waals surface area contributed by atoms with Crippen LogP contribution in [-0.4, -0.2) is 20.2 Å². The minimum atomic E-state index is -0.364. The first-order valence-corrected chi connectivity index (χ1v) is 6.59. The third-order valence-electron chi connectivity index (χ3n) is 3.24. The van der Waals surface area contributed by atoms with Gasteiger partial charge < -0.3 is 5.73 Å². The van der Waals surface area contributed by atoms with Gasteiger partial charge in [0.2, 0.25) is 0 Å². The molecule has 0 spiro atoms. The summed E-state index contributed by atoms with van der Waals surface area (Å²) in [6.45, 7) is 0.600. The fraction of sp³-hybridized carbons (Fsp3) is 0.133. The number of hydrogen-bond donors (Lipinski definition) is 1. The third kappa shape index (κ3) is 2.89. The number of halogens is 1. The van der Waals surface area contributed by atoms with E-state index in [9.17, 15) is 4.39 Å². The first-order valence-electron chi connectivity index (χ1n) is 6.59. The van der Waals surface area contributed by atoms with Gasteiger partial charge in [0.15, 0.2) is 5.82 Å². The average Bonchev–Trinajstić information content (AvgIpc) is 2.97. The molecule has 21 heavy (non-hydrogen) atoms. The van der Waals surface area contributed by atoms with Gasteiger partial charge >= 0.3 is 0 Å². The second kappa shape index (κ2) is 5.70. The molecule has 0 amide bonds. The Bertz CT molecular complexity index is 739. The fourth-order valence-electron chi connectivity index (χ4n) is 2.15. The maximum atomic E-state index is 13.4. The van der Waals surface area contributed by atoms with E-state index in [0.29, 0.717) is 23.6 Å². The molecule has 0 aliphatic heterocycles. The minimum Gasteiger partial charge on any atom is -0.398 e. The third-order valence-corrected chi connectivity index (χ3v) is 3.24. The molecule has 1 aromatic heterocycles. The molecule has 3 aromatic rings. The molecular weight excluding hydrogens is 269 g/mol. The zero-order valence-corrected chi connectivity index (χ0v) is 11.3. The van der Waals surface area contributed by atoms with Crippen LogP contribution >= 0.6 is 0 Å². The Labute approximate surface area is 121 Å². The van der Waals surface area contributed by atoms with Crippen molar-refractivity contribution < 1.29 is 4.39 Å². The summed E-state index contributed by atoms with van der Waals surface area (Å²) in [5.74, 6) is 0.111. The first-order chi connectivity index (χ1) is 10.2. The highest BCUT2D eigenvalue weighted by atomic mass is 19.1. The average molecular weight is 283 g/mol. The van der Waals surface area contributed by atoms with Gasteiger partial charge in [0.05, 0.1) is 0 Å². The number of rotatable bonds is 4. The van der Waals surface area contributed by atoms with Gasteiger partial charge in [-0.25, -0.2) is 9.07 Å². The molecule has 2 aromatic carbocycles. The predicted octanol–water partition coefficient (Wildman–Crippen LogP) is 2.30. The van der Waals surface area contributed by atoms with Crippen LogP contribution in [0.4, 0.5) is 10.1 Å². The number of hydrogen-bond acceptors (Lipinski definition) is 4. The van der Waals surface area contributed by atoms with E-state index < -0.39 is 0 Å². The number of nitrogen functional groups attached to an aromatic ring is 1. The van der Waals surface area contributed by atoms with Crippen LogP contribution in [0.1, 0.15) is 5.56 Å². The van der Waals surface area contributed by atoms with Crippen molar-refractivity contribution in [1.82, 2.24) is 20.2 Å². The highest BCUT2D eigenvalue weighted by Crippen LogP contribution is 2.24. The smallest absolute Gasteiger partial charge is 0.184 e. The van der Waals surface area contributed by atoms with E-state index in [1.54, 1.807) is 4.68 Å². The largest absolute Gasteiger partial charge is 0.398 e. The quantitative estimate of drug-likeness (QED) is 0.746. The molecular formula is C15H14FN5. The predicted molar refractivity (Wildman–Crippen MR) is 77.8 cm³/mol. The van der Waals surface area contributed by atoms with E-state index in [2.05, 4.69) is 15.5 Å². The topological polar surface area (TPSA) is 69.6 Å². The molecule has 0 fully saturated rings. The van der Waals surface area contributed by atoms with Gasteiger partial charge in [-0.05, 0) is 40.6 Å². The number of anilines is 1. The summed E-state index contributed by atoms with van der Waals surface area (Å²) >= 11 is 0. The number of nitrogens with zero attached hydrogens (tertiary/aromatic N) is 4. The molecule has 106 valence electrons. The van der Waals surface area contributed by atoms with Crippen molar-refractivity contribution in [2.24, 2.45) is 0 Å². The number of nitrogens with two attached hydrogens (primary N) is 1. The van der Waals surface area contributed by atoms with E-state index in [1.165, 1.54) is 23.8 Å². The molecule has 2 N–H and O–H groups in total. The maximum absolute atomic E-state index is 13.4. The summed E-state index contributed by atoms with van der Waals surface area (Å²) < 4.78 is 15.0. The standard InChI is InChI=1S/C15H14FN5/c16-12-6-7-14(17)13(10-12)15-18-19-20-21(15)9-8-11-4-2-1-3-5-11/h1-7,10H,8-9,17H2. The van der Waals surface area contributed by atoms with Crippen molar-refractivity contribution in [3.63, 3.8) is 0 Å². The van der Waals surface area contributed by atoms with Crippen molar-refractivity contribution in [2.75, 3.05) is 5.73 Å². The van der Waals surface area contributed by atoms with Gasteiger partial charge in [0.1, 0.15) is 5.82 Å². The van der Waals surface area contributed by atoms with E-state index in [4.69, 9.17) is 5.73 Å². The zero-order chi connectivity index (χ0) is 14.7. The Morgan fingerprint density at radius 2 is 1.90 bits per heavy atom. The zero-order valence-electron chi connectivity index (χ0n) is 11.3. The Morgan fingerprint density at radius 3 is 2.71 bits per heavy atom. The van der Waals surface area contributed by atoms with Crippen LogP contribution in [0.2, 0.25) is 0 Å². The molecule has 6 heteroatoms. The van der Waals surface area contributed by atoms with Gasteiger partial charge in [-0.15, -0.1) is 5.10 Å². The molecule has 3 rings (SSSR count). The van der Waals surface area contributed by atoms with Crippen molar-refractivity contribution in [3.05, 3.63) is 59.9 Å². The summed E-state index contributed by atoms with van der Waals surface area (Å²) in [4.78, 5) is 0. The van der Waals surface area contributed by atoms with E-state index >= 15 is 0 Å². The molecule has 5 nitrogen and oxygen atoms in total. The molecule has 0 radical (unpaired) electrons. The maximum Gasteiger partial charge on any atom is 0.184 e. The van der Waals surface area contributed by atoms with E-state index in [0.717, 1.165) is 6.42 Å². The van der Waals surface area contributed by atoms with Gasteiger partial charge in [-0.2, -0.15) is 0 Å². The molecule has 0 unspecified atom stereocenters.